The predicted molar refractivity (Wildman–Crippen MR) is 130 cm³/mol. The predicted octanol–water partition coefficient (Wildman–Crippen LogP) is 4.75. The summed E-state index contributed by atoms with van der Waals surface area (Å²) in [5, 5.41) is 7.76. The number of nitrogens with one attached hydrogen (secondary N) is 3. The van der Waals surface area contributed by atoms with Crippen LogP contribution < -0.4 is 15.6 Å². The Morgan fingerprint density at radius 1 is 1.16 bits per heavy atom. The molecule has 1 aliphatic heterocycles. The van der Waals surface area contributed by atoms with Gasteiger partial charge in [-0.2, -0.15) is 0 Å². The number of amides is 1. The lowest BCUT2D eigenvalue weighted by molar-refractivity contribution is -0.344. The molecule has 1 aromatic heterocycles. The maximum Gasteiger partial charge on any atom is 0.254 e. The van der Waals surface area contributed by atoms with E-state index in [1.54, 1.807) is 0 Å². The average Bonchev–Trinajstić information content (AvgIpc) is 2.79. The first kappa shape index (κ1) is 21.0. The Kier molecular flexibility index (Phi) is 6.28. The number of hydrogen-bond acceptors (Lipinski definition) is 2. The third-order valence-corrected chi connectivity index (χ3v) is 6.13. The summed E-state index contributed by atoms with van der Waals surface area (Å²) >= 11 is 5.45. The number of fused-ring (bicyclic) bond motifs is 1. The van der Waals surface area contributed by atoms with Crippen molar-refractivity contribution in [3.05, 3.63) is 79.0 Å². The number of benzene rings is 2. The molecule has 158 valence electrons. The topological polar surface area (TPSA) is 58.5 Å². The van der Waals surface area contributed by atoms with Crippen molar-refractivity contribution in [2.24, 2.45) is 11.8 Å². The molecule has 2 unspecified atom stereocenters. The lowest BCUT2D eigenvalue weighted by Crippen LogP contribution is -2.42. The number of rotatable bonds is 4. The number of carbonyl (C=O) groups is 1. The van der Waals surface area contributed by atoms with E-state index in [0.717, 1.165) is 35.2 Å². The fourth-order valence-corrected chi connectivity index (χ4v) is 4.27. The van der Waals surface area contributed by atoms with Crippen molar-refractivity contribution in [2.45, 2.75) is 13.3 Å². The summed E-state index contributed by atoms with van der Waals surface area (Å²) in [7, 11) is 0. The number of H-pyrrole nitrogens is 1. The monoisotopic (exact) mass is 431 g/mol. The molecule has 2 atom stereocenters. The average molecular weight is 432 g/mol. The van der Waals surface area contributed by atoms with Crippen molar-refractivity contribution < 1.29 is 9.78 Å². The van der Waals surface area contributed by atoms with Gasteiger partial charge in [-0.15, -0.1) is 6.58 Å². The molecule has 2 heterocycles. The Balaban J connectivity index is 1.56. The fraction of sp³-hybridized carbons (Fsp3) is 0.240. The van der Waals surface area contributed by atoms with Gasteiger partial charge in [-0.25, -0.2) is 4.98 Å². The summed E-state index contributed by atoms with van der Waals surface area (Å²) in [5.41, 5.74) is 3.34. The molecule has 0 saturated carbocycles. The van der Waals surface area contributed by atoms with E-state index in [0.29, 0.717) is 29.1 Å². The molecule has 1 amide bonds. The second-order valence-corrected chi connectivity index (χ2v) is 8.42. The number of hydrogen-bond donors (Lipinski definition) is 2. The third kappa shape index (κ3) is 4.75. The molecule has 3 N–H and O–H groups in total. The van der Waals surface area contributed by atoms with E-state index in [4.69, 9.17) is 12.2 Å². The summed E-state index contributed by atoms with van der Waals surface area (Å²) in [6.45, 7) is 7.66. The third-order valence-electron chi connectivity index (χ3n) is 5.92. The van der Waals surface area contributed by atoms with Crippen LogP contribution in [-0.2, 0) is 0 Å². The number of nitrogens with zero attached hydrogens (tertiary/aromatic N) is 1. The van der Waals surface area contributed by atoms with Gasteiger partial charge in [0, 0.05) is 36.6 Å². The van der Waals surface area contributed by atoms with Crippen molar-refractivity contribution in [1.82, 2.24) is 4.90 Å². The van der Waals surface area contributed by atoms with Crippen LogP contribution in [0.25, 0.3) is 10.9 Å². The Labute approximate surface area is 188 Å². The zero-order valence-corrected chi connectivity index (χ0v) is 18.4. The molecule has 3 aromatic rings. The van der Waals surface area contributed by atoms with E-state index in [-0.39, 0.29) is 5.91 Å². The standard InChI is InChI=1S/C25H26N4OS/c1-3-18-16-29(14-12-17(18)2)24(30)21-11-13-26-23-10-9-20(15-22(21)23)28-25(31)27-19-7-5-4-6-8-19/h3-11,13,15,17-18H,1,12,14,16H2,2H3,(H2,27,28,31)/p+1. The van der Waals surface area contributed by atoms with E-state index in [9.17, 15) is 4.79 Å². The molecule has 4 rings (SSSR count). The zero-order valence-electron chi connectivity index (χ0n) is 17.6. The molecule has 6 heteroatoms. The highest BCUT2D eigenvalue weighted by atomic mass is 32.1. The highest BCUT2D eigenvalue weighted by Gasteiger charge is 2.28. The van der Waals surface area contributed by atoms with Crippen molar-refractivity contribution in [3.8, 4) is 0 Å². The van der Waals surface area contributed by atoms with Gasteiger partial charge in [-0.3, -0.25) is 4.79 Å². The molecular formula is C25H27N4OS+. The summed E-state index contributed by atoms with van der Waals surface area (Å²) in [4.78, 5) is 18.6. The van der Waals surface area contributed by atoms with Gasteiger partial charge in [0.1, 0.15) is 0 Å². The van der Waals surface area contributed by atoms with Crippen molar-refractivity contribution >= 4 is 45.5 Å². The second-order valence-electron chi connectivity index (χ2n) is 8.01. The van der Waals surface area contributed by atoms with E-state index >= 15 is 0 Å². The van der Waals surface area contributed by atoms with E-state index < -0.39 is 0 Å². The van der Waals surface area contributed by atoms with Crippen LogP contribution in [0.1, 0.15) is 23.7 Å². The highest BCUT2D eigenvalue weighted by molar-refractivity contribution is 7.80. The van der Waals surface area contributed by atoms with Gasteiger partial charge in [0.25, 0.3) is 5.91 Å². The van der Waals surface area contributed by atoms with E-state index in [2.05, 4.69) is 29.1 Å². The SMILES string of the molecule is C=CC1CN(C(=O)c2cc[nH+]c3ccc(NC(=S)Nc4ccccc4)cc23)CCC1C. The molecule has 0 spiro atoms. The lowest BCUT2D eigenvalue weighted by Gasteiger charge is -2.35. The quantitative estimate of drug-likeness (QED) is 0.462. The zero-order chi connectivity index (χ0) is 21.8. The first-order chi connectivity index (χ1) is 15.0. The van der Waals surface area contributed by atoms with Crippen molar-refractivity contribution in [1.29, 1.82) is 0 Å². The van der Waals surface area contributed by atoms with Crippen LogP contribution in [0.3, 0.4) is 0 Å². The first-order valence-electron chi connectivity index (χ1n) is 10.5. The largest absolute Gasteiger partial charge is 0.338 e. The first-order valence-corrected chi connectivity index (χ1v) is 11.0. The number of para-hydroxylation sites is 1. The number of aromatic amines is 1. The Hall–Kier alpha value is -3.25. The second kappa shape index (κ2) is 9.27. The van der Waals surface area contributed by atoms with E-state index in [1.807, 2.05) is 71.8 Å². The minimum Gasteiger partial charge on any atom is -0.338 e. The van der Waals surface area contributed by atoms with Gasteiger partial charge < -0.3 is 15.5 Å². The van der Waals surface area contributed by atoms with E-state index in [1.165, 1.54) is 0 Å². The van der Waals surface area contributed by atoms with Crippen LogP contribution in [-0.4, -0.2) is 29.0 Å². The summed E-state index contributed by atoms with van der Waals surface area (Å²) in [6, 6.07) is 17.5. The van der Waals surface area contributed by atoms with Crippen LogP contribution in [0, 0.1) is 11.8 Å². The molecule has 1 aliphatic rings. The normalized spacial score (nSPS) is 18.4. The molecular weight excluding hydrogens is 404 g/mol. The number of likely N-dealkylation sites (tertiary alicyclic amines) is 1. The van der Waals surface area contributed by atoms with Gasteiger partial charge in [0.15, 0.2) is 11.3 Å². The number of piperidine rings is 1. The Bertz CT molecular complexity index is 1110. The maximum absolute atomic E-state index is 13.4. The molecule has 1 fully saturated rings. The summed E-state index contributed by atoms with van der Waals surface area (Å²) in [5.74, 6) is 0.939. The number of pyridine rings is 1. The molecule has 0 radical (unpaired) electrons. The minimum atomic E-state index is 0.0555. The highest BCUT2D eigenvalue weighted by Crippen LogP contribution is 2.27. The Morgan fingerprint density at radius 2 is 1.94 bits per heavy atom. The van der Waals surface area contributed by atoms with Gasteiger partial charge >= 0.3 is 0 Å². The van der Waals surface area contributed by atoms with Gasteiger partial charge in [0.2, 0.25) is 5.52 Å². The van der Waals surface area contributed by atoms with Gasteiger partial charge in [-0.1, -0.05) is 31.2 Å². The van der Waals surface area contributed by atoms with Crippen LogP contribution in [0.5, 0.6) is 0 Å². The molecule has 0 aliphatic carbocycles. The van der Waals surface area contributed by atoms with Gasteiger partial charge in [0.05, 0.1) is 10.9 Å². The van der Waals surface area contributed by atoms with Crippen molar-refractivity contribution in [3.63, 3.8) is 0 Å². The number of carbonyl (C=O) groups excluding carboxylic acids is 1. The maximum atomic E-state index is 13.4. The molecule has 2 aromatic carbocycles. The molecule has 31 heavy (non-hydrogen) atoms. The molecule has 1 saturated heterocycles. The van der Waals surface area contributed by atoms with Crippen LogP contribution >= 0.6 is 12.2 Å². The van der Waals surface area contributed by atoms with Gasteiger partial charge in [-0.05, 0) is 54.7 Å². The smallest absolute Gasteiger partial charge is 0.254 e. The molecule has 5 nitrogen and oxygen atoms in total. The number of anilines is 2. The fourth-order valence-electron chi connectivity index (χ4n) is 4.04. The lowest BCUT2D eigenvalue weighted by atomic mass is 9.87. The number of thiocarbonyl (C=S) groups is 1. The molecule has 0 bridgehead atoms. The van der Waals surface area contributed by atoms with Crippen LogP contribution in [0.4, 0.5) is 11.4 Å². The summed E-state index contributed by atoms with van der Waals surface area (Å²) in [6.07, 6.45) is 4.79. The van der Waals surface area contributed by atoms with Crippen LogP contribution in [0.15, 0.2) is 73.4 Å². The van der Waals surface area contributed by atoms with Crippen LogP contribution in [0.2, 0.25) is 0 Å². The number of aromatic nitrogens is 1. The van der Waals surface area contributed by atoms with Crippen molar-refractivity contribution in [2.75, 3.05) is 23.7 Å². The Morgan fingerprint density at radius 3 is 2.71 bits per heavy atom. The summed E-state index contributed by atoms with van der Waals surface area (Å²) < 4.78 is 0. The minimum absolute atomic E-state index is 0.0555.